The number of hydrogen-bond acceptors (Lipinski definition) is 4. The van der Waals surface area contributed by atoms with Crippen molar-refractivity contribution < 1.29 is 9.18 Å². The second kappa shape index (κ2) is 9.44. The van der Waals surface area contributed by atoms with Crippen LogP contribution in [0.3, 0.4) is 0 Å². The number of piperidine rings is 1. The average molecular weight is 370 g/mol. The first kappa shape index (κ1) is 19.3. The summed E-state index contributed by atoms with van der Waals surface area (Å²) in [4.78, 5) is 23.4. The largest absolute Gasteiger partial charge is 0.356 e. The summed E-state index contributed by atoms with van der Waals surface area (Å²) in [5, 5.41) is 3.06. The van der Waals surface area contributed by atoms with Crippen molar-refractivity contribution in [2.75, 3.05) is 24.5 Å². The fourth-order valence-electron chi connectivity index (χ4n) is 3.38. The van der Waals surface area contributed by atoms with E-state index in [4.69, 9.17) is 0 Å². The third kappa shape index (κ3) is 5.25. The van der Waals surface area contributed by atoms with Crippen LogP contribution in [-0.4, -0.2) is 35.5 Å². The molecule has 2 heterocycles. The van der Waals surface area contributed by atoms with E-state index in [0.29, 0.717) is 12.5 Å². The third-order valence-corrected chi connectivity index (χ3v) is 4.97. The minimum atomic E-state index is -0.261. The fourth-order valence-corrected chi connectivity index (χ4v) is 3.38. The van der Waals surface area contributed by atoms with Gasteiger partial charge in [0, 0.05) is 37.6 Å². The monoisotopic (exact) mass is 370 g/mol. The minimum absolute atomic E-state index is 0.0132. The van der Waals surface area contributed by atoms with Gasteiger partial charge < -0.3 is 10.2 Å². The van der Waals surface area contributed by atoms with E-state index in [9.17, 15) is 9.18 Å². The number of anilines is 1. The molecule has 0 saturated carbocycles. The molecule has 0 bridgehead atoms. The molecule has 144 valence electrons. The first-order valence-corrected chi connectivity index (χ1v) is 9.78. The Morgan fingerprint density at radius 2 is 1.93 bits per heavy atom. The Morgan fingerprint density at radius 3 is 2.63 bits per heavy atom. The maximum Gasteiger partial charge on any atom is 0.225 e. The molecule has 1 fully saturated rings. The zero-order chi connectivity index (χ0) is 19.1. The fraction of sp³-hybridized carbons (Fsp3) is 0.476. The van der Waals surface area contributed by atoms with Gasteiger partial charge in [0.05, 0.1) is 5.92 Å². The Hall–Kier alpha value is -2.50. The van der Waals surface area contributed by atoms with Crippen molar-refractivity contribution in [2.24, 2.45) is 5.92 Å². The molecule has 27 heavy (non-hydrogen) atoms. The van der Waals surface area contributed by atoms with E-state index >= 15 is 0 Å². The molecule has 1 amide bonds. The van der Waals surface area contributed by atoms with Gasteiger partial charge in [0.2, 0.25) is 11.9 Å². The zero-order valence-electron chi connectivity index (χ0n) is 15.8. The summed E-state index contributed by atoms with van der Waals surface area (Å²) < 4.78 is 13.1. The van der Waals surface area contributed by atoms with Crippen LogP contribution < -0.4 is 10.2 Å². The predicted octanol–water partition coefficient (Wildman–Crippen LogP) is 3.81. The van der Waals surface area contributed by atoms with Crippen LogP contribution in [0.15, 0.2) is 36.7 Å². The van der Waals surface area contributed by atoms with E-state index in [1.807, 2.05) is 0 Å². The molecule has 2 aromatic rings. The highest BCUT2D eigenvalue weighted by atomic mass is 19.1. The summed E-state index contributed by atoms with van der Waals surface area (Å²) in [5.74, 6) is 0.507. The van der Waals surface area contributed by atoms with Gasteiger partial charge in [-0.05, 0) is 37.0 Å². The number of carbonyl (C=O) groups excluding carboxylic acids is 1. The van der Waals surface area contributed by atoms with Gasteiger partial charge in [-0.2, -0.15) is 0 Å². The number of halogens is 1. The minimum Gasteiger partial charge on any atom is -0.356 e. The molecule has 0 spiro atoms. The van der Waals surface area contributed by atoms with Crippen LogP contribution in [0.25, 0.3) is 11.1 Å². The standard InChI is InChI=1S/C21H27FN4O/c1-2-3-4-11-23-20(27)17-6-5-12-26(15-17)21-24-13-18(14-25-21)16-7-9-19(22)10-8-16/h7-10,13-14,17H,2-6,11-12,15H2,1H3,(H,23,27)/t17-/m0/s1. The highest BCUT2D eigenvalue weighted by molar-refractivity contribution is 5.79. The van der Waals surface area contributed by atoms with Crippen LogP contribution in [0, 0.1) is 11.7 Å². The quantitative estimate of drug-likeness (QED) is 0.753. The van der Waals surface area contributed by atoms with Crippen LogP contribution in [0.5, 0.6) is 0 Å². The average Bonchev–Trinajstić information content (AvgIpc) is 2.72. The van der Waals surface area contributed by atoms with E-state index < -0.39 is 0 Å². The van der Waals surface area contributed by atoms with Crippen LogP contribution in [0.2, 0.25) is 0 Å². The molecule has 0 unspecified atom stereocenters. The Morgan fingerprint density at radius 1 is 1.19 bits per heavy atom. The van der Waals surface area contributed by atoms with Gasteiger partial charge in [-0.3, -0.25) is 4.79 Å². The summed E-state index contributed by atoms with van der Waals surface area (Å²) in [7, 11) is 0. The first-order valence-electron chi connectivity index (χ1n) is 9.78. The summed E-state index contributed by atoms with van der Waals surface area (Å²) in [6.07, 6.45) is 8.70. The first-order chi connectivity index (χ1) is 13.2. The van der Waals surface area contributed by atoms with Crippen LogP contribution in [0.1, 0.15) is 39.0 Å². The van der Waals surface area contributed by atoms with E-state index in [1.54, 1.807) is 24.5 Å². The molecular weight excluding hydrogens is 343 g/mol. The third-order valence-electron chi connectivity index (χ3n) is 4.97. The summed E-state index contributed by atoms with van der Waals surface area (Å²) in [6.45, 7) is 4.42. The van der Waals surface area contributed by atoms with Crippen LogP contribution in [-0.2, 0) is 4.79 Å². The molecule has 1 aliphatic heterocycles. The maximum absolute atomic E-state index is 13.1. The van der Waals surface area contributed by atoms with E-state index in [1.165, 1.54) is 12.1 Å². The highest BCUT2D eigenvalue weighted by Crippen LogP contribution is 2.23. The molecule has 1 atom stereocenters. The second-order valence-electron chi connectivity index (χ2n) is 7.06. The number of nitrogens with one attached hydrogen (secondary N) is 1. The highest BCUT2D eigenvalue weighted by Gasteiger charge is 2.26. The smallest absolute Gasteiger partial charge is 0.225 e. The molecule has 3 rings (SSSR count). The molecule has 1 aliphatic rings. The number of hydrogen-bond donors (Lipinski definition) is 1. The molecule has 1 N–H and O–H groups in total. The van der Waals surface area contributed by atoms with Gasteiger partial charge in [-0.15, -0.1) is 0 Å². The van der Waals surface area contributed by atoms with Crippen LogP contribution in [0.4, 0.5) is 10.3 Å². The van der Waals surface area contributed by atoms with Crippen molar-refractivity contribution in [1.29, 1.82) is 0 Å². The summed E-state index contributed by atoms with van der Waals surface area (Å²) in [5.41, 5.74) is 1.73. The van der Waals surface area contributed by atoms with E-state index in [-0.39, 0.29) is 17.6 Å². The van der Waals surface area contributed by atoms with Crippen molar-refractivity contribution in [1.82, 2.24) is 15.3 Å². The SMILES string of the molecule is CCCCCNC(=O)[C@H]1CCCN(c2ncc(-c3ccc(F)cc3)cn2)C1. The molecule has 0 radical (unpaired) electrons. The molecule has 0 aliphatic carbocycles. The van der Waals surface area contributed by atoms with Crippen molar-refractivity contribution in [3.8, 4) is 11.1 Å². The van der Waals surface area contributed by atoms with Gasteiger partial charge in [-0.1, -0.05) is 31.9 Å². The van der Waals surface area contributed by atoms with Crippen molar-refractivity contribution in [3.05, 3.63) is 42.5 Å². The Bertz CT molecular complexity index is 733. The molecule has 6 heteroatoms. The topological polar surface area (TPSA) is 58.1 Å². The number of carbonyl (C=O) groups is 1. The Kier molecular flexibility index (Phi) is 6.74. The lowest BCUT2D eigenvalue weighted by molar-refractivity contribution is -0.125. The lowest BCUT2D eigenvalue weighted by atomic mass is 9.97. The van der Waals surface area contributed by atoms with Gasteiger partial charge in [0.1, 0.15) is 5.82 Å². The van der Waals surface area contributed by atoms with E-state index in [0.717, 1.165) is 56.3 Å². The number of rotatable bonds is 7. The Balaban J connectivity index is 1.59. The predicted molar refractivity (Wildman–Crippen MR) is 105 cm³/mol. The van der Waals surface area contributed by atoms with Crippen LogP contribution >= 0.6 is 0 Å². The van der Waals surface area contributed by atoms with Gasteiger partial charge in [-0.25, -0.2) is 14.4 Å². The summed E-state index contributed by atoms with van der Waals surface area (Å²) in [6, 6.07) is 6.29. The van der Waals surface area contributed by atoms with Gasteiger partial charge >= 0.3 is 0 Å². The molecule has 1 saturated heterocycles. The number of unbranched alkanes of at least 4 members (excludes halogenated alkanes) is 2. The molecule has 1 aromatic carbocycles. The lowest BCUT2D eigenvalue weighted by Crippen LogP contribution is -2.43. The zero-order valence-corrected chi connectivity index (χ0v) is 15.8. The Labute approximate surface area is 160 Å². The van der Waals surface area contributed by atoms with Crippen molar-refractivity contribution in [3.63, 3.8) is 0 Å². The number of benzene rings is 1. The lowest BCUT2D eigenvalue weighted by Gasteiger charge is -2.32. The molecule has 1 aromatic heterocycles. The van der Waals surface area contributed by atoms with Gasteiger partial charge in [0.25, 0.3) is 0 Å². The summed E-state index contributed by atoms with van der Waals surface area (Å²) >= 11 is 0. The molecular formula is C21H27FN4O. The van der Waals surface area contributed by atoms with Crippen molar-refractivity contribution in [2.45, 2.75) is 39.0 Å². The normalized spacial score (nSPS) is 17.0. The van der Waals surface area contributed by atoms with Crippen molar-refractivity contribution >= 4 is 11.9 Å². The van der Waals surface area contributed by atoms with Gasteiger partial charge in [0.15, 0.2) is 0 Å². The maximum atomic E-state index is 13.1. The number of nitrogens with zero attached hydrogens (tertiary/aromatic N) is 3. The number of aromatic nitrogens is 2. The second-order valence-corrected chi connectivity index (χ2v) is 7.06. The molecule has 5 nitrogen and oxygen atoms in total. The van der Waals surface area contributed by atoms with E-state index in [2.05, 4.69) is 27.1 Å². The number of amides is 1.